The number of amides is 2. The molecule has 1 saturated heterocycles. The molecule has 5 atom stereocenters. The van der Waals surface area contributed by atoms with Gasteiger partial charge in [-0.2, -0.15) is 0 Å². The minimum absolute atomic E-state index is 0.0554. The summed E-state index contributed by atoms with van der Waals surface area (Å²) in [6.45, 7) is 9.88. The number of unbranched alkanes of at least 4 members (excludes halogenated alkanes) is 1. The van der Waals surface area contributed by atoms with E-state index in [1.54, 1.807) is 13.2 Å². The molecule has 47 heavy (non-hydrogen) atoms. The smallest absolute Gasteiger partial charge is 0.408 e. The van der Waals surface area contributed by atoms with Crippen LogP contribution in [-0.4, -0.2) is 72.4 Å². The van der Waals surface area contributed by atoms with Crippen LogP contribution in [0.4, 0.5) is 4.79 Å². The fourth-order valence-corrected chi connectivity index (χ4v) is 7.70. The van der Waals surface area contributed by atoms with Crippen molar-refractivity contribution in [1.82, 2.24) is 15.2 Å². The molecule has 2 saturated carbocycles. The molecule has 10 nitrogen and oxygen atoms in total. The van der Waals surface area contributed by atoms with Gasteiger partial charge in [-0.3, -0.25) is 4.79 Å². The van der Waals surface area contributed by atoms with Gasteiger partial charge in [0.05, 0.1) is 26.3 Å². The van der Waals surface area contributed by atoms with E-state index in [0.29, 0.717) is 17.2 Å². The minimum atomic E-state index is -0.860. The lowest BCUT2D eigenvalue weighted by Gasteiger charge is -2.34. The van der Waals surface area contributed by atoms with Gasteiger partial charge in [0, 0.05) is 11.8 Å². The number of esters is 1. The number of aromatic nitrogens is 1. The maximum atomic E-state index is 14.4. The number of likely N-dealkylation sites (tertiary alicyclic amines) is 1. The second-order valence-electron chi connectivity index (χ2n) is 13.3. The van der Waals surface area contributed by atoms with Crippen LogP contribution in [0.3, 0.4) is 0 Å². The second-order valence-corrected chi connectivity index (χ2v) is 13.3. The Labute approximate surface area is 277 Å². The first-order valence-corrected chi connectivity index (χ1v) is 17.0. The molecular formula is C37H49N3O7. The van der Waals surface area contributed by atoms with Crippen molar-refractivity contribution in [3.05, 3.63) is 49.2 Å². The van der Waals surface area contributed by atoms with Crippen LogP contribution in [0, 0.1) is 11.8 Å². The van der Waals surface area contributed by atoms with Crippen molar-refractivity contribution < 1.29 is 33.3 Å². The Balaban J connectivity index is 1.34. The first-order valence-electron chi connectivity index (χ1n) is 17.0. The number of ether oxygens (including phenoxy) is 4. The summed E-state index contributed by atoms with van der Waals surface area (Å²) in [5.41, 5.74) is 0.727. The van der Waals surface area contributed by atoms with E-state index in [1.165, 1.54) is 12.0 Å². The number of carbonyl (C=O) groups excluding carboxylic acids is 3. The van der Waals surface area contributed by atoms with Gasteiger partial charge in [0.25, 0.3) is 0 Å². The highest BCUT2D eigenvalue weighted by Crippen LogP contribution is 2.42. The molecule has 2 aromatic rings. The van der Waals surface area contributed by atoms with Gasteiger partial charge >= 0.3 is 12.1 Å². The van der Waals surface area contributed by atoms with Gasteiger partial charge in [-0.1, -0.05) is 25.5 Å². The molecule has 2 amide bonds. The summed E-state index contributed by atoms with van der Waals surface area (Å²) < 4.78 is 23.1. The van der Waals surface area contributed by atoms with E-state index < -0.39 is 35.9 Å². The zero-order valence-corrected chi connectivity index (χ0v) is 28.0. The first kappa shape index (κ1) is 34.3. The van der Waals surface area contributed by atoms with Crippen molar-refractivity contribution in [3.63, 3.8) is 0 Å². The highest BCUT2D eigenvalue weighted by atomic mass is 16.6. The van der Waals surface area contributed by atoms with Crippen molar-refractivity contribution in [2.75, 3.05) is 20.8 Å². The molecule has 0 radical (unpaired) electrons. The SMILES string of the molecule is C=CCCC[C@@H]1CCC[C@@]1(C)OC(=O)N[C@H](C(=O)N1C[C@H](Oc2cc3cc(OC)ccc3nc2C=C)C[C@H]1C(=O)OC)C1CCCC1. The molecule has 254 valence electrons. The quantitative estimate of drug-likeness (QED) is 0.147. The van der Waals surface area contributed by atoms with Gasteiger partial charge in [0.15, 0.2) is 0 Å². The molecule has 3 fully saturated rings. The minimum Gasteiger partial charge on any atom is -0.497 e. The van der Waals surface area contributed by atoms with Crippen LogP contribution in [0.1, 0.15) is 83.2 Å². The van der Waals surface area contributed by atoms with E-state index >= 15 is 0 Å². The van der Waals surface area contributed by atoms with Gasteiger partial charge in [-0.15, -0.1) is 6.58 Å². The van der Waals surface area contributed by atoms with Crippen LogP contribution in [0.25, 0.3) is 17.0 Å². The Kier molecular flexibility index (Phi) is 11.1. The predicted molar refractivity (Wildman–Crippen MR) is 180 cm³/mol. The van der Waals surface area contributed by atoms with Crippen LogP contribution in [0.2, 0.25) is 0 Å². The van der Waals surface area contributed by atoms with E-state index in [4.69, 9.17) is 18.9 Å². The molecule has 1 N–H and O–H groups in total. The molecule has 0 spiro atoms. The number of alkyl carbamates (subject to hydrolysis) is 1. The van der Waals surface area contributed by atoms with Crippen LogP contribution in [0.15, 0.2) is 43.5 Å². The van der Waals surface area contributed by atoms with Gasteiger partial charge < -0.3 is 29.2 Å². The molecule has 0 bridgehead atoms. The zero-order chi connectivity index (χ0) is 33.6. The Morgan fingerprint density at radius 3 is 2.62 bits per heavy atom. The Morgan fingerprint density at radius 2 is 1.91 bits per heavy atom. The maximum Gasteiger partial charge on any atom is 0.408 e. The van der Waals surface area contributed by atoms with E-state index in [-0.39, 0.29) is 30.7 Å². The van der Waals surface area contributed by atoms with E-state index in [9.17, 15) is 14.4 Å². The normalized spacial score (nSPS) is 24.9. The van der Waals surface area contributed by atoms with Crippen LogP contribution < -0.4 is 14.8 Å². The Morgan fingerprint density at radius 1 is 1.13 bits per heavy atom. The molecule has 2 heterocycles. The molecule has 1 aromatic carbocycles. The van der Waals surface area contributed by atoms with E-state index in [2.05, 4.69) is 23.5 Å². The molecule has 0 unspecified atom stereocenters. The lowest BCUT2D eigenvalue weighted by Crippen LogP contribution is -2.55. The summed E-state index contributed by atoms with van der Waals surface area (Å²) in [6, 6.07) is 5.76. The number of pyridine rings is 1. The summed E-state index contributed by atoms with van der Waals surface area (Å²) in [4.78, 5) is 47.1. The number of carbonyl (C=O) groups is 3. The lowest BCUT2D eigenvalue weighted by molar-refractivity contribution is -0.152. The van der Waals surface area contributed by atoms with E-state index in [0.717, 1.165) is 75.1 Å². The highest BCUT2D eigenvalue weighted by molar-refractivity contribution is 5.91. The zero-order valence-electron chi connectivity index (χ0n) is 28.0. The molecule has 1 aromatic heterocycles. The number of allylic oxidation sites excluding steroid dienone is 1. The predicted octanol–water partition coefficient (Wildman–Crippen LogP) is 6.61. The van der Waals surface area contributed by atoms with Gasteiger partial charge in [-0.05, 0) is 100 Å². The number of hydrogen-bond donors (Lipinski definition) is 1. The number of fused-ring (bicyclic) bond motifs is 1. The van der Waals surface area contributed by atoms with Gasteiger partial charge in [-0.25, -0.2) is 14.6 Å². The third kappa shape index (κ3) is 7.74. The summed E-state index contributed by atoms with van der Waals surface area (Å²) in [5.74, 6) is 0.544. The summed E-state index contributed by atoms with van der Waals surface area (Å²) in [7, 11) is 2.92. The standard InChI is InChI=1S/C37H49N3O7/c1-6-8-9-15-26-16-12-19-37(26,3)47-36(43)39-33(24-13-10-11-14-24)34(41)40-23-28(22-31(40)35(42)45-5)46-32-21-25-20-27(44-4)17-18-30(25)38-29(32)7-2/h6-7,17-18,20-21,24,26,28,31,33H,1-2,8-16,19,22-23H2,3-5H3,(H,39,43)/t26-,28-,31+,33+,37-/m1/s1. The third-order valence-corrected chi connectivity index (χ3v) is 10.3. The van der Waals surface area contributed by atoms with Crippen LogP contribution >= 0.6 is 0 Å². The van der Waals surface area contributed by atoms with E-state index in [1.807, 2.05) is 37.3 Å². The fourth-order valence-electron chi connectivity index (χ4n) is 7.70. The van der Waals surface area contributed by atoms with Crippen molar-refractivity contribution >= 4 is 34.9 Å². The van der Waals surface area contributed by atoms with Crippen molar-refractivity contribution in [3.8, 4) is 11.5 Å². The Bertz CT molecular complexity index is 1470. The van der Waals surface area contributed by atoms with Crippen LogP contribution in [0.5, 0.6) is 11.5 Å². The van der Waals surface area contributed by atoms with Gasteiger partial charge in [0.2, 0.25) is 5.91 Å². The van der Waals surface area contributed by atoms with Crippen molar-refractivity contribution in [1.29, 1.82) is 0 Å². The van der Waals surface area contributed by atoms with Crippen LogP contribution in [-0.2, 0) is 19.1 Å². The first-order chi connectivity index (χ1) is 22.7. The highest BCUT2D eigenvalue weighted by Gasteiger charge is 2.47. The summed E-state index contributed by atoms with van der Waals surface area (Å²) in [5, 5.41) is 3.79. The van der Waals surface area contributed by atoms with Crippen molar-refractivity contribution in [2.45, 2.75) is 101 Å². The number of benzene rings is 1. The maximum absolute atomic E-state index is 14.4. The number of nitrogens with one attached hydrogen (secondary N) is 1. The molecule has 10 heteroatoms. The molecular weight excluding hydrogens is 598 g/mol. The summed E-state index contributed by atoms with van der Waals surface area (Å²) >= 11 is 0. The van der Waals surface area contributed by atoms with Gasteiger partial charge in [0.1, 0.15) is 41.0 Å². The average molecular weight is 648 g/mol. The Hall–Kier alpha value is -4.08. The number of rotatable bonds is 13. The largest absolute Gasteiger partial charge is 0.497 e. The summed E-state index contributed by atoms with van der Waals surface area (Å²) in [6.07, 6.45) is 11.9. The number of nitrogens with zero attached hydrogens (tertiary/aromatic N) is 2. The second kappa shape index (κ2) is 15.2. The van der Waals surface area contributed by atoms with Crippen molar-refractivity contribution in [2.24, 2.45) is 11.8 Å². The topological polar surface area (TPSA) is 116 Å². The number of hydrogen-bond acceptors (Lipinski definition) is 8. The third-order valence-electron chi connectivity index (χ3n) is 10.3. The number of methoxy groups -OCH3 is 2. The fraction of sp³-hybridized carbons (Fsp3) is 0.568. The molecule has 5 rings (SSSR count). The molecule has 1 aliphatic heterocycles. The molecule has 2 aliphatic carbocycles. The monoisotopic (exact) mass is 647 g/mol. The molecule has 3 aliphatic rings. The average Bonchev–Trinajstić information content (AvgIpc) is 3.83. The lowest BCUT2D eigenvalue weighted by atomic mass is 9.88.